The smallest absolute Gasteiger partial charge is 0.223 e. The molecule has 1 fully saturated rings. The van der Waals surface area contributed by atoms with Gasteiger partial charge in [-0.25, -0.2) is 9.97 Å². The molecule has 0 bridgehead atoms. The number of anilines is 1. The lowest BCUT2D eigenvalue weighted by Crippen LogP contribution is -2.35. The van der Waals surface area contributed by atoms with Crippen molar-refractivity contribution < 1.29 is 4.79 Å². The number of aryl methyl sites for hydroxylation is 2. The lowest BCUT2D eigenvalue weighted by atomic mass is 10.2. The van der Waals surface area contributed by atoms with E-state index in [4.69, 9.17) is 0 Å². The highest BCUT2D eigenvalue weighted by Gasteiger charge is 2.20. The van der Waals surface area contributed by atoms with Crippen molar-refractivity contribution in [3.63, 3.8) is 0 Å². The molecule has 1 N–H and O–H groups in total. The highest BCUT2D eigenvalue weighted by Crippen LogP contribution is 2.21. The Morgan fingerprint density at radius 2 is 2.08 bits per heavy atom. The van der Waals surface area contributed by atoms with Gasteiger partial charge < -0.3 is 14.8 Å². The topological polar surface area (TPSA) is 65.1 Å². The number of rotatable bonds is 4. The van der Waals surface area contributed by atoms with Crippen LogP contribution in [0.1, 0.15) is 24.4 Å². The molecule has 7 heteroatoms. The first kappa shape index (κ1) is 17.0. The number of aromatic amines is 1. The Morgan fingerprint density at radius 3 is 2.88 bits per heavy atom. The SMILES string of the molecule is Cc1csc(N2CCCN(C(=O)CCc3nc4ccccc4[nH]3)CC2)n1. The van der Waals surface area contributed by atoms with Gasteiger partial charge in [0.2, 0.25) is 5.91 Å². The molecule has 0 atom stereocenters. The first-order chi connectivity index (χ1) is 12.7. The average Bonchev–Trinajstić information content (AvgIpc) is 3.18. The molecule has 3 heterocycles. The summed E-state index contributed by atoms with van der Waals surface area (Å²) >= 11 is 1.68. The monoisotopic (exact) mass is 369 g/mol. The third-order valence-corrected chi connectivity index (χ3v) is 5.76. The summed E-state index contributed by atoms with van der Waals surface area (Å²) in [6, 6.07) is 7.96. The fourth-order valence-electron chi connectivity index (χ4n) is 3.35. The summed E-state index contributed by atoms with van der Waals surface area (Å²) in [6.07, 6.45) is 2.13. The Kier molecular flexibility index (Phi) is 4.88. The molecule has 0 radical (unpaired) electrons. The van der Waals surface area contributed by atoms with Gasteiger partial charge in [0.05, 0.1) is 16.7 Å². The Labute approximate surface area is 156 Å². The molecule has 4 rings (SSSR count). The van der Waals surface area contributed by atoms with Gasteiger partial charge in [-0.05, 0) is 25.5 Å². The van der Waals surface area contributed by atoms with Gasteiger partial charge in [-0.15, -0.1) is 11.3 Å². The van der Waals surface area contributed by atoms with Gasteiger partial charge in [0.1, 0.15) is 5.82 Å². The van der Waals surface area contributed by atoms with Crippen LogP contribution in [0.4, 0.5) is 5.13 Å². The zero-order valence-electron chi connectivity index (χ0n) is 14.9. The van der Waals surface area contributed by atoms with Crippen molar-refractivity contribution >= 4 is 33.4 Å². The Balaban J connectivity index is 1.33. The van der Waals surface area contributed by atoms with E-state index < -0.39 is 0 Å². The number of para-hydroxylation sites is 2. The van der Waals surface area contributed by atoms with Crippen LogP contribution in [0.2, 0.25) is 0 Å². The van der Waals surface area contributed by atoms with Crippen LogP contribution >= 0.6 is 11.3 Å². The van der Waals surface area contributed by atoms with Crippen LogP contribution in [0.5, 0.6) is 0 Å². The summed E-state index contributed by atoms with van der Waals surface area (Å²) in [5.74, 6) is 1.09. The van der Waals surface area contributed by atoms with Gasteiger partial charge in [-0.3, -0.25) is 4.79 Å². The van der Waals surface area contributed by atoms with E-state index in [1.807, 2.05) is 36.1 Å². The largest absolute Gasteiger partial charge is 0.346 e. The van der Waals surface area contributed by atoms with E-state index in [9.17, 15) is 4.79 Å². The molecule has 2 aromatic heterocycles. The highest BCUT2D eigenvalue weighted by atomic mass is 32.1. The summed E-state index contributed by atoms with van der Waals surface area (Å²) in [6.45, 7) is 5.41. The summed E-state index contributed by atoms with van der Waals surface area (Å²) in [5.41, 5.74) is 3.05. The fourth-order valence-corrected chi connectivity index (χ4v) is 4.21. The second-order valence-corrected chi connectivity index (χ2v) is 7.53. The molecule has 0 unspecified atom stereocenters. The Morgan fingerprint density at radius 1 is 1.19 bits per heavy atom. The molecule has 0 aliphatic carbocycles. The van der Waals surface area contributed by atoms with Crippen molar-refractivity contribution in [3.8, 4) is 0 Å². The predicted molar refractivity (Wildman–Crippen MR) is 105 cm³/mol. The highest BCUT2D eigenvalue weighted by molar-refractivity contribution is 7.13. The van der Waals surface area contributed by atoms with Gasteiger partial charge in [-0.1, -0.05) is 12.1 Å². The van der Waals surface area contributed by atoms with Gasteiger partial charge >= 0.3 is 0 Å². The number of aromatic nitrogens is 3. The number of nitrogens with one attached hydrogen (secondary N) is 1. The molecule has 136 valence electrons. The van der Waals surface area contributed by atoms with E-state index in [1.165, 1.54) is 0 Å². The van der Waals surface area contributed by atoms with E-state index in [0.717, 1.165) is 60.3 Å². The fraction of sp³-hybridized carbons (Fsp3) is 0.421. The second-order valence-electron chi connectivity index (χ2n) is 6.69. The number of benzene rings is 1. The van der Waals surface area contributed by atoms with Crippen molar-refractivity contribution in [2.24, 2.45) is 0 Å². The van der Waals surface area contributed by atoms with Crippen molar-refractivity contribution in [1.82, 2.24) is 19.9 Å². The van der Waals surface area contributed by atoms with Crippen LogP contribution in [0.25, 0.3) is 11.0 Å². The summed E-state index contributed by atoms with van der Waals surface area (Å²) in [5, 5.41) is 3.15. The second kappa shape index (κ2) is 7.45. The number of nitrogens with zero attached hydrogens (tertiary/aromatic N) is 4. The molecular weight excluding hydrogens is 346 g/mol. The quantitative estimate of drug-likeness (QED) is 0.768. The lowest BCUT2D eigenvalue weighted by molar-refractivity contribution is -0.130. The molecule has 1 saturated heterocycles. The van der Waals surface area contributed by atoms with Gasteiger partial charge in [0, 0.05) is 44.4 Å². The van der Waals surface area contributed by atoms with E-state index in [0.29, 0.717) is 12.8 Å². The van der Waals surface area contributed by atoms with Crippen molar-refractivity contribution in [2.45, 2.75) is 26.2 Å². The van der Waals surface area contributed by atoms with Crippen LogP contribution in [0.3, 0.4) is 0 Å². The number of H-pyrrole nitrogens is 1. The third kappa shape index (κ3) is 3.72. The van der Waals surface area contributed by atoms with Gasteiger partial charge in [0.25, 0.3) is 0 Å². The molecule has 1 aliphatic heterocycles. The van der Waals surface area contributed by atoms with E-state index >= 15 is 0 Å². The Bertz CT molecular complexity index is 869. The molecule has 1 amide bonds. The van der Waals surface area contributed by atoms with Crippen LogP contribution < -0.4 is 4.90 Å². The number of amides is 1. The van der Waals surface area contributed by atoms with Crippen molar-refractivity contribution in [2.75, 3.05) is 31.1 Å². The Hall–Kier alpha value is -2.41. The minimum absolute atomic E-state index is 0.211. The summed E-state index contributed by atoms with van der Waals surface area (Å²) < 4.78 is 0. The average molecular weight is 369 g/mol. The van der Waals surface area contributed by atoms with Crippen LogP contribution in [0.15, 0.2) is 29.6 Å². The van der Waals surface area contributed by atoms with E-state index in [1.54, 1.807) is 11.3 Å². The number of thiazole rings is 1. The van der Waals surface area contributed by atoms with Gasteiger partial charge in [-0.2, -0.15) is 0 Å². The maximum absolute atomic E-state index is 12.6. The zero-order chi connectivity index (χ0) is 17.9. The molecule has 6 nitrogen and oxygen atoms in total. The van der Waals surface area contributed by atoms with Crippen LogP contribution in [-0.2, 0) is 11.2 Å². The van der Waals surface area contributed by atoms with Crippen molar-refractivity contribution in [1.29, 1.82) is 0 Å². The van der Waals surface area contributed by atoms with Gasteiger partial charge in [0.15, 0.2) is 5.13 Å². The maximum Gasteiger partial charge on any atom is 0.223 e. The molecule has 1 aromatic carbocycles. The zero-order valence-corrected chi connectivity index (χ0v) is 15.8. The number of carbonyl (C=O) groups excluding carboxylic acids is 1. The standard InChI is InChI=1S/C19H23N5OS/c1-14-13-26-19(20-14)24-10-4-9-23(11-12-24)18(25)8-7-17-21-15-5-2-3-6-16(15)22-17/h2-3,5-6,13H,4,7-12H2,1H3,(H,21,22). The van der Waals surface area contributed by atoms with E-state index in [-0.39, 0.29) is 5.91 Å². The molecule has 0 spiro atoms. The number of imidazole rings is 1. The first-order valence-corrected chi connectivity index (χ1v) is 9.95. The molecule has 3 aromatic rings. The predicted octanol–water partition coefficient (Wildman–Crippen LogP) is 3.00. The number of hydrogen-bond donors (Lipinski definition) is 1. The van der Waals surface area contributed by atoms with Crippen LogP contribution in [0, 0.1) is 6.92 Å². The third-order valence-electron chi connectivity index (χ3n) is 4.74. The molecular formula is C19H23N5OS. The first-order valence-electron chi connectivity index (χ1n) is 9.07. The summed E-state index contributed by atoms with van der Waals surface area (Å²) in [4.78, 5) is 29.4. The lowest BCUT2D eigenvalue weighted by Gasteiger charge is -2.21. The normalized spacial score (nSPS) is 15.4. The minimum atomic E-state index is 0.211. The molecule has 26 heavy (non-hydrogen) atoms. The van der Waals surface area contributed by atoms with Crippen molar-refractivity contribution in [3.05, 3.63) is 41.2 Å². The number of carbonyl (C=O) groups is 1. The maximum atomic E-state index is 12.6. The summed E-state index contributed by atoms with van der Waals surface area (Å²) in [7, 11) is 0. The van der Waals surface area contributed by atoms with Crippen LogP contribution in [-0.4, -0.2) is 51.9 Å². The number of fused-ring (bicyclic) bond motifs is 1. The minimum Gasteiger partial charge on any atom is -0.346 e. The number of hydrogen-bond acceptors (Lipinski definition) is 5. The molecule has 0 saturated carbocycles. The van der Waals surface area contributed by atoms with E-state index in [2.05, 4.69) is 25.2 Å². The molecule has 1 aliphatic rings.